The first-order valence-corrected chi connectivity index (χ1v) is 15.6. The number of carbonyl (C=O) groups is 1. The number of hydrogen-bond donors (Lipinski definition) is 0. The molecule has 1 amide bonds. The fourth-order valence-electron chi connectivity index (χ4n) is 5.59. The quantitative estimate of drug-likeness (QED) is 0.186. The van der Waals surface area contributed by atoms with Gasteiger partial charge in [0.25, 0.3) is 5.91 Å². The molecule has 0 atom stereocenters. The van der Waals surface area contributed by atoms with Crippen LogP contribution in [-0.2, 0) is 11.3 Å². The smallest absolute Gasteiger partial charge is 0.266 e. The summed E-state index contributed by atoms with van der Waals surface area (Å²) in [7, 11) is -2.33. The number of carbonyl (C=O) groups excluding carboxylic acids is 1. The van der Waals surface area contributed by atoms with E-state index >= 15 is 0 Å². The van der Waals surface area contributed by atoms with Crippen molar-refractivity contribution in [3.63, 3.8) is 0 Å². The van der Waals surface area contributed by atoms with Crippen molar-refractivity contribution in [2.24, 2.45) is 0 Å². The third kappa shape index (κ3) is 5.07. The van der Waals surface area contributed by atoms with E-state index in [-0.39, 0.29) is 5.91 Å². The van der Waals surface area contributed by atoms with E-state index in [1.54, 1.807) is 0 Å². The second-order valence-electron chi connectivity index (χ2n) is 9.93. The van der Waals surface area contributed by atoms with Gasteiger partial charge in [-0.1, -0.05) is 115 Å². The molecular formula is C37H31NOP+. The number of amides is 1. The van der Waals surface area contributed by atoms with Gasteiger partial charge in [0, 0.05) is 5.69 Å². The first-order chi connectivity index (χ1) is 19.8. The molecular weight excluding hydrogens is 505 g/mol. The van der Waals surface area contributed by atoms with Gasteiger partial charge in [0.1, 0.15) is 23.2 Å². The Labute approximate surface area is 236 Å². The van der Waals surface area contributed by atoms with Crippen molar-refractivity contribution in [3.05, 3.63) is 169 Å². The maximum atomic E-state index is 14.8. The molecule has 6 aromatic rings. The lowest BCUT2D eigenvalue weighted by molar-refractivity contribution is -0.116. The minimum atomic E-state index is -2.33. The van der Waals surface area contributed by atoms with Crippen LogP contribution in [0.5, 0.6) is 0 Å². The molecule has 194 valence electrons. The molecule has 0 saturated carbocycles. The number of anilines is 1. The Balaban J connectivity index is 1.50. The highest BCUT2D eigenvalue weighted by Crippen LogP contribution is 2.55. The maximum absolute atomic E-state index is 14.8. The van der Waals surface area contributed by atoms with Crippen LogP contribution >= 0.6 is 7.26 Å². The average Bonchev–Trinajstić information content (AvgIpc) is 3.04. The largest absolute Gasteiger partial charge is 0.305 e. The van der Waals surface area contributed by atoms with E-state index in [4.69, 9.17) is 0 Å². The van der Waals surface area contributed by atoms with E-state index in [2.05, 4.69) is 115 Å². The molecule has 0 fully saturated rings. The Bertz CT molecular complexity index is 1600. The van der Waals surface area contributed by atoms with Crippen molar-refractivity contribution in [3.8, 4) is 0 Å². The summed E-state index contributed by atoms with van der Waals surface area (Å²) in [6.45, 7) is 0.503. The molecule has 6 rings (SSSR count). The zero-order valence-electron chi connectivity index (χ0n) is 22.3. The lowest BCUT2D eigenvalue weighted by atomic mass is 10.0. The molecule has 3 heteroatoms. The number of nitrogens with zero attached hydrogens (tertiary/aromatic N) is 1. The summed E-state index contributed by atoms with van der Waals surface area (Å²) in [6.07, 6.45) is 0.394. The summed E-state index contributed by atoms with van der Waals surface area (Å²) in [6, 6.07) is 56.7. The van der Waals surface area contributed by atoms with Crippen LogP contribution in [0.4, 0.5) is 5.69 Å². The van der Waals surface area contributed by atoms with Crippen LogP contribution in [-0.4, -0.2) is 12.1 Å². The predicted octanol–water partition coefficient (Wildman–Crippen LogP) is 7.37. The van der Waals surface area contributed by atoms with Gasteiger partial charge in [-0.05, 0) is 64.9 Å². The van der Waals surface area contributed by atoms with Crippen molar-refractivity contribution < 1.29 is 4.79 Å². The SMILES string of the molecule is O=C(C[P+](c1ccccc1)(c1ccccc1)c1ccccc1)N(Cc1cccc2ccccc12)c1ccccc1. The van der Waals surface area contributed by atoms with Crippen LogP contribution in [0, 0.1) is 0 Å². The number of rotatable bonds is 8. The van der Waals surface area contributed by atoms with Crippen molar-refractivity contribution in [2.75, 3.05) is 11.1 Å². The molecule has 0 unspecified atom stereocenters. The van der Waals surface area contributed by atoms with Crippen molar-refractivity contribution in [2.45, 2.75) is 6.54 Å². The number of hydrogen-bond acceptors (Lipinski definition) is 1. The normalized spacial score (nSPS) is 11.3. The summed E-state index contributed by atoms with van der Waals surface area (Å²) in [5, 5.41) is 5.98. The van der Waals surface area contributed by atoms with Gasteiger partial charge in [-0.2, -0.15) is 0 Å². The molecule has 0 bridgehead atoms. The van der Waals surface area contributed by atoms with Gasteiger partial charge in [-0.3, -0.25) is 4.79 Å². The van der Waals surface area contributed by atoms with Gasteiger partial charge in [-0.15, -0.1) is 0 Å². The fraction of sp³-hybridized carbons (Fsp3) is 0.0541. The fourth-order valence-corrected chi connectivity index (χ4v) is 9.65. The number of fused-ring (bicyclic) bond motifs is 1. The Kier molecular flexibility index (Phi) is 7.53. The van der Waals surface area contributed by atoms with Gasteiger partial charge in [-0.25, -0.2) is 0 Å². The van der Waals surface area contributed by atoms with E-state index in [0.29, 0.717) is 12.7 Å². The van der Waals surface area contributed by atoms with Gasteiger partial charge < -0.3 is 4.90 Å². The minimum Gasteiger partial charge on any atom is -0.305 e. The molecule has 0 aliphatic heterocycles. The number of para-hydroxylation sites is 1. The van der Waals surface area contributed by atoms with Gasteiger partial charge >= 0.3 is 0 Å². The van der Waals surface area contributed by atoms with Crippen LogP contribution in [0.1, 0.15) is 5.56 Å². The highest BCUT2D eigenvalue weighted by molar-refractivity contribution is 7.96. The first-order valence-electron chi connectivity index (χ1n) is 13.6. The van der Waals surface area contributed by atoms with E-state index in [0.717, 1.165) is 11.3 Å². The Morgan fingerprint density at radius 2 is 0.950 bits per heavy atom. The maximum Gasteiger partial charge on any atom is 0.266 e. The highest BCUT2D eigenvalue weighted by atomic mass is 31.2. The number of benzene rings is 6. The molecule has 2 nitrogen and oxygen atoms in total. The van der Waals surface area contributed by atoms with E-state index in [1.807, 2.05) is 53.4 Å². The van der Waals surface area contributed by atoms with Crippen LogP contribution < -0.4 is 20.8 Å². The molecule has 0 N–H and O–H groups in total. The van der Waals surface area contributed by atoms with Crippen LogP contribution in [0.15, 0.2) is 164 Å². The standard InChI is InChI=1S/C37H31NOP/c39-37(38(32-19-5-1-6-20-32)28-31-18-15-17-30-16-13-14-27-36(30)31)29-40(33-21-7-2-8-22-33,34-23-9-3-10-24-34)35-25-11-4-12-26-35/h1-27H,28-29H2/q+1. The predicted molar refractivity (Wildman–Crippen MR) is 172 cm³/mol. The molecule has 0 radical (unpaired) electrons. The lowest BCUT2D eigenvalue weighted by Gasteiger charge is -2.30. The Hall–Kier alpha value is -4.52. The molecule has 0 spiro atoms. The lowest BCUT2D eigenvalue weighted by Crippen LogP contribution is -2.41. The van der Waals surface area contributed by atoms with Crippen molar-refractivity contribution in [1.29, 1.82) is 0 Å². The second kappa shape index (κ2) is 11.7. The molecule has 0 aliphatic carbocycles. The Morgan fingerprint density at radius 1 is 0.500 bits per heavy atom. The zero-order chi connectivity index (χ0) is 27.2. The van der Waals surface area contributed by atoms with E-state index < -0.39 is 7.26 Å². The summed E-state index contributed by atoms with van der Waals surface area (Å²) >= 11 is 0. The second-order valence-corrected chi connectivity index (χ2v) is 13.4. The molecule has 6 aromatic carbocycles. The molecule has 0 aliphatic rings. The minimum absolute atomic E-state index is 0.115. The summed E-state index contributed by atoms with van der Waals surface area (Å²) in [5.41, 5.74) is 2.05. The monoisotopic (exact) mass is 536 g/mol. The van der Waals surface area contributed by atoms with Crippen LogP contribution in [0.2, 0.25) is 0 Å². The summed E-state index contributed by atoms with van der Waals surface area (Å²) < 4.78 is 0. The van der Waals surface area contributed by atoms with Crippen LogP contribution in [0.3, 0.4) is 0 Å². The topological polar surface area (TPSA) is 20.3 Å². The molecule has 0 aromatic heterocycles. The van der Waals surface area contributed by atoms with Crippen LogP contribution in [0.25, 0.3) is 10.8 Å². The van der Waals surface area contributed by atoms with Crippen molar-refractivity contribution in [1.82, 2.24) is 0 Å². The van der Waals surface area contributed by atoms with E-state index in [1.165, 1.54) is 26.7 Å². The van der Waals surface area contributed by atoms with Gasteiger partial charge in [0.05, 0.1) is 6.54 Å². The molecule has 0 saturated heterocycles. The highest BCUT2D eigenvalue weighted by Gasteiger charge is 2.48. The zero-order valence-corrected chi connectivity index (χ0v) is 23.2. The Morgan fingerprint density at radius 3 is 1.50 bits per heavy atom. The van der Waals surface area contributed by atoms with Crippen molar-refractivity contribution >= 4 is 45.5 Å². The average molecular weight is 537 g/mol. The first kappa shape index (κ1) is 25.7. The van der Waals surface area contributed by atoms with Gasteiger partial charge in [0.2, 0.25) is 0 Å². The molecule has 40 heavy (non-hydrogen) atoms. The third-order valence-electron chi connectivity index (χ3n) is 7.54. The summed E-state index contributed by atoms with van der Waals surface area (Å²) in [4.78, 5) is 16.8. The third-order valence-corrected chi connectivity index (χ3v) is 11.8. The van der Waals surface area contributed by atoms with E-state index in [9.17, 15) is 4.79 Å². The molecule has 0 heterocycles. The van der Waals surface area contributed by atoms with Gasteiger partial charge in [0.15, 0.2) is 6.16 Å². The summed E-state index contributed by atoms with van der Waals surface area (Å²) in [5.74, 6) is 0.115.